The Kier molecular flexibility index (Phi) is 8.96. The van der Waals surface area contributed by atoms with Crippen LogP contribution in [0.5, 0.6) is 0 Å². The lowest BCUT2D eigenvalue weighted by Gasteiger charge is -2.10. The molecule has 0 fully saturated rings. The van der Waals surface area contributed by atoms with E-state index in [1.807, 2.05) is 0 Å². The summed E-state index contributed by atoms with van der Waals surface area (Å²) in [5.74, 6) is 0. The maximum absolute atomic E-state index is 5.77. The Balaban J connectivity index is 3.08. The van der Waals surface area contributed by atoms with Crippen molar-refractivity contribution < 1.29 is 0 Å². The molecule has 0 aliphatic heterocycles. The second-order valence-corrected chi connectivity index (χ2v) is 6.16. The van der Waals surface area contributed by atoms with Crippen LogP contribution in [-0.4, -0.2) is 15.1 Å². The van der Waals surface area contributed by atoms with Crippen LogP contribution in [0, 0.1) is 0 Å². The number of alkyl halides is 2. The van der Waals surface area contributed by atoms with E-state index in [4.69, 9.17) is 23.2 Å². The molecule has 0 aliphatic rings. The lowest BCUT2D eigenvalue weighted by molar-refractivity contribution is 0.598. The van der Waals surface area contributed by atoms with Gasteiger partial charge in [-0.1, -0.05) is 45.4 Å². The van der Waals surface area contributed by atoms with E-state index in [1.165, 1.54) is 38.5 Å². The molecule has 0 saturated carbocycles. The van der Waals surface area contributed by atoms with Crippen molar-refractivity contribution in [2.24, 2.45) is 0 Å². The van der Waals surface area contributed by atoms with Crippen LogP contribution in [0.15, 0.2) is 0 Å². The summed E-state index contributed by atoms with van der Waals surface area (Å²) in [4.78, 5) is -0.122. The van der Waals surface area contributed by atoms with Crippen LogP contribution in [0.4, 0.5) is 0 Å². The lowest BCUT2D eigenvalue weighted by Crippen LogP contribution is -2.01. The Morgan fingerprint density at radius 2 is 1.67 bits per heavy atom. The van der Waals surface area contributed by atoms with Crippen molar-refractivity contribution in [2.75, 3.05) is 0 Å². The maximum Gasteiger partial charge on any atom is 0.107 e. The van der Waals surface area contributed by atoms with Crippen LogP contribution < -0.4 is 0 Å². The normalized spacial score (nSPS) is 14.0. The standard InChI is InChI=1S/C9H20Cl2Si/c1-2-3-4-5-6-7-8(12)9(10)11/h8-9H,2-7H2,1,12H3. The molecule has 0 rings (SSSR count). The molecule has 12 heavy (non-hydrogen) atoms. The molecule has 0 radical (unpaired) electrons. The summed E-state index contributed by atoms with van der Waals surface area (Å²) in [6.45, 7) is 2.24. The second-order valence-electron chi connectivity index (χ2n) is 3.51. The highest BCUT2D eigenvalue weighted by Gasteiger charge is 2.09. The molecule has 0 bridgehead atoms. The summed E-state index contributed by atoms with van der Waals surface area (Å²) in [5, 5.41) is 0. The number of hydrogen-bond acceptors (Lipinski definition) is 0. The molecule has 74 valence electrons. The van der Waals surface area contributed by atoms with Crippen molar-refractivity contribution in [2.45, 2.75) is 55.8 Å². The van der Waals surface area contributed by atoms with Gasteiger partial charge in [0.15, 0.2) is 0 Å². The summed E-state index contributed by atoms with van der Waals surface area (Å²) in [7, 11) is 1.13. The Hall–Kier alpha value is 0.797. The number of hydrogen-bond donors (Lipinski definition) is 0. The third kappa shape index (κ3) is 7.45. The average molecular weight is 227 g/mol. The van der Waals surface area contributed by atoms with E-state index in [9.17, 15) is 0 Å². The molecule has 0 heterocycles. The first kappa shape index (κ1) is 12.8. The van der Waals surface area contributed by atoms with Crippen LogP contribution in [-0.2, 0) is 0 Å². The van der Waals surface area contributed by atoms with Crippen molar-refractivity contribution in [1.82, 2.24) is 0 Å². The van der Waals surface area contributed by atoms with Crippen molar-refractivity contribution >= 4 is 33.4 Å². The largest absolute Gasteiger partial charge is 0.107 e. The van der Waals surface area contributed by atoms with Crippen LogP contribution in [0.3, 0.4) is 0 Å². The zero-order chi connectivity index (χ0) is 9.40. The van der Waals surface area contributed by atoms with Crippen molar-refractivity contribution in [1.29, 1.82) is 0 Å². The third-order valence-corrected chi connectivity index (χ3v) is 5.14. The highest BCUT2D eigenvalue weighted by molar-refractivity contribution is 6.47. The van der Waals surface area contributed by atoms with Crippen LogP contribution in [0.25, 0.3) is 0 Å². The average Bonchev–Trinajstić information content (AvgIpc) is 2.03. The Labute approximate surface area is 89.4 Å². The number of unbranched alkanes of at least 4 members (excludes halogenated alkanes) is 4. The molecule has 0 spiro atoms. The van der Waals surface area contributed by atoms with Gasteiger partial charge in [0.2, 0.25) is 0 Å². The second kappa shape index (κ2) is 8.40. The Bertz CT molecular complexity index is 96.5. The fraction of sp³-hybridized carbons (Fsp3) is 1.00. The minimum absolute atomic E-state index is 0.122. The molecule has 0 aromatic rings. The molecule has 0 aliphatic carbocycles. The van der Waals surface area contributed by atoms with E-state index in [2.05, 4.69) is 6.92 Å². The van der Waals surface area contributed by atoms with E-state index in [1.54, 1.807) is 0 Å². The van der Waals surface area contributed by atoms with Crippen molar-refractivity contribution in [3.05, 3.63) is 0 Å². The van der Waals surface area contributed by atoms with E-state index >= 15 is 0 Å². The molecular formula is C9H20Cl2Si. The van der Waals surface area contributed by atoms with Gasteiger partial charge in [0.1, 0.15) is 4.84 Å². The molecule has 0 saturated heterocycles. The van der Waals surface area contributed by atoms with Crippen molar-refractivity contribution in [3.63, 3.8) is 0 Å². The molecular weight excluding hydrogens is 207 g/mol. The van der Waals surface area contributed by atoms with E-state index in [0.29, 0.717) is 5.54 Å². The highest BCUT2D eigenvalue weighted by atomic mass is 35.5. The molecule has 0 aromatic heterocycles. The predicted molar refractivity (Wildman–Crippen MR) is 62.6 cm³/mol. The summed E-state index contributed by atoms with van der Waals surface area (Å²) in [5.41, 5.74) is 0.593. The van der Waals surface area contributed by atoms with Gasteiger partial charge in [-0.3, -0.25) is 0 Å². The fourth-order valence-electron chi connectivity index (χ4n) is 1.20. The maximum atomic E-state index is 5.77. The minimum Gasteiger partial charge on any atom is -0.105 e. The Morgan fingerprint density at radius 1 is 1.08 bits per heavy atom. The number of rotatable bonds is 7. The molecule has 0 amide bonds. The SMILES string of the molecule is CCCCCCCC([SiH3])C(Cl)Cl. The zero-order valence-electron chi connectivity index (χ0n) is 8.15. The topological polar surface area (TPSA) is 0 Å². The predicted octanol–water partition coefficient (Wildman–Crippen LogP) is 3.30. The Morgan fingerprint density at radius 3 is 2.17 bits per heavy atom. The van der Waals surface area contributed by atoms with Gasteiger partial charge in [-0.2, -0.15) is 0 Å². The van der Waals surface area contributed by atoms with Gasteiger partial charge in [0.25, 0.3) is 0 Å². The van der Waals surface area contributed by atoms with Crippen molar-refractivity contribution in [3.8, 4) is 0 Å². The molecule has 0 N–H and O–H groups in total. The molecule has 0 aromatic carbocycles. The van der Waals surface area contributed by atoms with Crippen LogP contribution >= 0.6 is 23.2 Å². The monoisotopic (exact) mass is 226 g/mol. The minimum atomic E-state index is -0.122. The van der Waals surface area contributed by atoms with Gasteiger partial charge in [-0.05, 0) is 5.54 Å². The summed E-state index contributed by atoms with van der Waals surface area (Å²) >= 11 is 11.5. The van der Waals surface area contributed by atoms with Gasteiger partial charge in [0, 0.05) is 10.2 Å². The summed E-state index contributed by atoms with van der Waals surface area (Å²) < 4.78 is 0. The lowest BCUT2D eigenvalue weighted by atomic mass is 10.1. The van der Waals surface area contributed by atoms with E-state index in [-0.39, 0.29) is 4.84 Å². The van der Waals surface area contributed by atoms with Crippen LogP contribution in [0.2, 0.25) is 5.54 Å². The third-order valence-electron chi connectivity index (χ3n) is 2.19. The smallest absolute Gasteiger partial charge is 0.105 e. The van der Waals surface area contributed by atoms with Gasteiger partial charge in [0.05, 0.1) is 0 Å². The molecule has 3 heteroatoms. The van der Waals surface area contributed by atoms with E-state index in [0.717, 1.165) is 10.2 Å². The first-order chi connectivity index (χ1) is 5.68. The fourth-order valence-corrected chi connectivity index (χ4v) is 1.86. The van der Waals surface area contributed by atoms with Gasteiger partial charge in [-0.25, -0.2) is 0 Å². The van der Waals surface area contributed by atoms with Gasteiger partial charge in [-0.15, -0.1) is 23.2 Å². The first-order valence-electron chi connectivity index (χ1n) is 4.96. The highest BCUT2D eigenvalue weighted by Crippen LogP contribution is 2.23. The zero-order valence-corrected chi connectivity index (χ0v) is 11.7. The molecule has 1 unspecified atom stereocenters. The van der Waals surface area contributed by atoms with Gasteiger partial charge >= 0.3 is 0 Å². The molecule has 1 atom stereocenters. The first-order valence-corrected chi connectivity index (χ1v) is 6.99. The number of halogens is 2. The van der Waals surface area contributed by atoms with Crippen LogP contribution in [0.1, 0.15) is 45.4 Å². The molecule has 0 nitrogen and oxygen atoms in total. The summed E-state index contributed by atoms with van der Waals surface area (Å²) in [6.07, 6.45) is 7.96. The van der Waals surface area contributed by atoms with E-state index < -0.39 is 0 Å². The summed E-state index contributed by atoms with van der Waals surface area (Å²) in [6, 6.07) is 0. The quantitative estimate of drug-likeness (QED) is 0.355. The van der Waals surface area contributed by atoms with Gasteiger partial charge < -0.3 is 0 Å².